The zero-order valence-electron chi connectivity index (χ0n) is 21.5. The molecular formula is C30H31NO5. The normalized spacial score (nSPS) is 17.1. The van der Waals surface area contributed by atoms with Gasteiger partial charge in [-0.1, -0.05) is 32.0 Å². The molecule has 3 aromatic carbocycles. The molecule has 1 heterocycles. The van der Waals surface area contributed by atoms with E-state index < -0.39 is 17.7 Å². The molecule has 1 atom stereocenters. The van der Waals surface area contributed by atoms with E-state index >= 15 is 0 Å². The third kappa shape index (κ3) is 4.35. The molecule has 186 valence electrons. The summed E-state index contributed by atoms with van der Waals surface area (Å²) >= 11 is 0. The summed E-state index contributed by atoms with van der Waals surface area (Å²) in [5, 5.41) is 11.5. The molecule has 1 N–H and O–H groups in total. The highest BCUT2D eigenvalue weighted by atomic mass is 16.5. The van der Waals surface area contributed by atoms with Gasteiger partial charge < -0.3 is 14.6 Å². The summed E-state index contributed by atoms with van der Waals surface area (Å²) in [4.78, 5) is 28.4. The molecule has 1 aliphatic heterocycles. The van der Waals surface area contributed by atoms with Crippen molar-refractivity contribution >= 4 is 23.1 Å². The van der Waals surface area contributed by atoms with Crippen LogP contribution >= 0.6 is 0 Å². The summed E-state index contributed by atoms with van der Waals surface area (Å²) < 4.78 is 10.9. The molecule has 0 aromatic heterocycles. The lowest BCUT2D eigenvalue weighted by Gasteiger charge is -2.26. The second-order valence-corrected chi connectivity index (χ2v) is 9.33. The lowest BCUT2D eigenvalue weighted by atomic mass is 9.93. The molecular weight excluding hydrogens is 454 g/mol. The van der Waals surface area contributed by atoms with Gasteiger partial charge in [-0.25, -0.2) is 0 Å². The van der Waals surface area contributed by atoms with E-state index in [0.29, 0.717) is 28.3 Å². The van der Waals surface area contributed by atoms with Crippen molar-refractivity contribution in [3.05, 3.63) is 94.1 Å². The summed E-state index contributed by atoms with van der Waals surface area (Å²) in [5.74, 6) is -0.242. The van der Waals surface area contributed by atoms with E-state index in [1.54, 1.807) is 44.6 Å². The van der Waals surface area contributed by atoms with Crippen molar-refractivity contribution in [1.82, 2.24) is 0 Å². The Kier molecular flexibility index (Phi) is 6.88. The first kappa shape index (κ1) is 25.0. The van der Waals surface area contributed by atoms with Crippen LogP contribution in [0.15, 0.2) is 66.2 Å². The number of benzene rings is 3. The van der Waals surface area contributed by atoms with E-state index in [9.17, 15) is 14.7 Å². The number of carbonyl (C=O) groups excluding carboxylic acids is 2. The van der Waals surface area contributed by atoms with Crippen molar-refractivity contribution in [3.63, 3.8) is 0 Å². The van der Waals surface area contributed by atoms with E-state index in [1.807, 2.05) is 58.0 Å². The quantitative estimate of drug-likeness (QED) is 0.261. The number of ketones is 1. The number of hydrogen-bond donors (Lipinski definition) is 1. The molecule has 36 heavy (non-hydrogen) atoms. The Balaban J connectivity index is 1.97. The predicted octanol–water partition coefficient (Wildman–Crippen LogP) is 6.07. The molecule has 3 aromatic rings. The summed E-state index contributed by atoms with van der Waals surface area (Å²) in [7, 11) is 3.16. The molecule has 0 spiro atoms. The third-order valence-electron chi connectivity index (χ3n) is 6.75. The van der Waals surface area contributed by atoms with Gasteiger partial charge in [0.2, 0.25) is 0 Å². The summed E-state index contributed by atoms with van der Waals surface area (Å²) in [6.45, 7) is 8.00. The fourth-order valence-electron chi connectivity index (χ4n) is 4.59. The van der Waals surface area contributed by atoms with E-state index in [1.165, 1.54) is 4.90 Å². The van der Waals surface area contributed by atoms with Gasteiger partial charge in [-0.3, -0.25) is 14.5 Å². The molecule has 1 unspecified atom stereocenters. The molecule has 4 rings (SSSR count). The maximum absolute atomic E-state index is 13.5. The highest BCUT2D eigenvalue weighted by Gasteiger charge is 2.47. The fraction of sp³-hybridized carbons (Fsp3) is 0.267. The lowest BCUT2D eigenvalue weighted by Crippen LogP contribution is -2.29. The van der Waals surface area contributed by atoms with Gasteiger partial charge in [0.1, 0.15) is 17.3 Å². The standard InChI is InChI=1S/C30H31NO5/c1-17(2)24-16-21(11-13-25(24)36-6)28(32)26-27(20-8-7-9-23(15-20)35-5)31(30(34)29(26)33)22-12-10-18(3)19(4)14-22/h7-17,27,32H,1-6H3/b28-26-. The maximum atomic E-state index is 13.5. The first-order valence-corrected chi connectivity index (χ1v) is 11.9. The van der Waals surface area contributed by atoms with Crippen LogP contribution in [0.25, 0.3) is 5.76 Å². The maximum Gasteiger partial charge on any atom is 0.300 e. The molecule has 0 radical (unpaired) electrons. The van der Waals surface area contributed by atoms with Gasteiger partial charge in [-0.2, -0.15) is 0 Å². The Bertz CT molecular complexity index is 1370. The van der Waals surface area contributed by atoms with Crippen molar-refractivity contribution < 1.29 is 24.2 Å². The van der Waals surface area contributed by atoms with Crippen LogP contribution in [0.4, 0.5) is 5.69 Å². The number of Topliss-reactive ketones (excluding diaryl/α,β-unsaturated/α-hetero) is 1. The number of hydrogen-bond acceptors (Lipinski definition) is 5. The average Bonchev–Trinajstić information content (AvgIpc) is 3.15. The first-order chi connectivity index (χ1) is 17.2. The van der Waals surface area contributed by atoms with Crippen molar-refractivity contribution in [3.8, 4) is 11.5 Å². The minimum Gasteiger partial charge on any atom is -0.507 e. The lowest BCUT2D eigenvalue weighted by molar-refractivity contribution is -0.132. The molecule has 1 saturated heterocycles. The average molecular weight is 486 g/mol. The largest absolute Gasteiger partial charge is 0.507 e. The van der Waals surface area contributed by atoms with Gasteiger partial charge >= 0.3 is 0 Å². The zero-order chi connectivity index (χ0) is 26.1. The Morgan fingerprint density at radius 3 is 2.31 bits per heavy atom. The van der Waals surface area contributed by atoms with Crippen molar-refractivity contribution in [2.75, 3.05) is 19.1 Å². The van der Waals surface area contributed by atoms with Gasteiger partial charge in [0, 0.05) is 11.3 Å². The Morgan fingerprint density at radius 1 is 0.917 bits per heavy atom. The van der Waals surface area contributed by atoms with Gasteiger partial charge in [0.25, 0.3) is 11.7 Å². The number of aliphatic hydroxyl groups excluding tert-OH is 1. The number of methoxy groups -OCH3 is 2. The SMILES string of the molecule is COc1cccc(C2/C(=C(/O)c3ccc(OC)c(C(C)C)c3)C(=O)C(=O)N2c2ccc(C)c(C)c2)c1. The second kappa shape index (κ2) is 9.90. The van der Waals surface area contributed by atoms with Gasteiger partial charge in [0.15, 0.2) is 0 Å². The summed E-state index contributed by atoms with van der Waals surface area (Å²) in [5.41, 5.74) is 4.69. The molecule has 1 aliphatic rings. The highest BCUT2D eigenvalue weighted by molar-refractivity contribution is 6.51. The first-order valence-electron chi connectivity index (χ1n) is 11.9. The highest BCUT2D eigenvalue weighted by Crippen LogP contribution is 2.43. The number of carbonyl (C=O) groups is 2. The smallest absolute Gasteiger partial charge is 0.300 e. The Morgan fingerprint density at radius 2 is 1.67 bits per heavy atom. The van der Waals surface area contributed by atoms with Crippen LogP contribution in [0.3, 0.4) is 0 Å². The topological polar surface area (TPSA) is 76.1 Å². The van der Waals surface area contributed by atoms with Gasteiger partial charge in [0.05, 0.1) is 25.8 Å². The molecule has 0 saturated carbocycles. The fourth-order valence-corrected chi connectivity index (χ4v) is 4.59. The number of anilines is 1. The number of rotatable bonds is 6. The Hall–Kier alpha value is -4.06. The van der Waals surface area contributed by atoms with E-state index in [2.05, 4.69) is 0 Å². The third-order valence-corrected chi connectivity index (χ3v) is 6.75. The summed E-state index contributed by atoms with van der Waals surface area (Å²) in [6.07, 6.45) is 0. The number of nitrogens with zero attached hydrogens (tertiary/aromatic N) is 1. The molecule has 6 heteroatoms. The molecule has 6 nitrogen and oxygen atoms in total. The van der Waals surface area contributed by atoms with Crippen LogP contribution in [-0.2, 0) is 9.59 Å². The van der Waals surface area contributed by atoms with Gasteiger partial charge in [-0.15, -0.1) is 0 Å². The Labute approximate surface area is 211 Å². The predicted molar refractivity (Wildman–Crippen MR) is 141 cm³/mol. The van der Waals surface area contributed by atoms with Crippen molar-refractivity contribution in [2.24, 2.45) is 0 Å². The van der Waals surface area contributed by atoms with E-state index in [-0.39, 0.29) is 17.3 Å². The van der Waals surface area contributed by atoms with Crippen molar-refractivity contribution in [2.45, 2.75) is 39.7 Å². The second-order valence-electron chi connectivity index (χ2n) is 9.33. The van der Waals surface area contributed by atoms with Crippen LogP contribution in [0.1, 0.15) is 53.6 Å². The minimum atomic E-state index is -0.827. The van der Waals surface area contributed by atoms with Crippen LogP contribution in [0.2, 0.25) is 0 Å². The van der Waals surface area contributed by atoms with Crippen LogP contribution in [0.5, 0.6) is 11.5 Å². The number of amides is 1. The molecule has 1 fully saturated rings. The van der Waals surface area contributed by atoms with Crippen LogP contribution < -0.4 is 14.4 Å². The molecule has 0 aliphatic carbocycles. The summed E-state index contributed by atoms with van der Waals surface area (Å²) in [6, 6.07) is 17.3. The molecule has 0 bridgehead atoms. The van der Waals surface area contributed by atoms with Crippen LogP contribution in [0, 0.1) is 13.8 Å². The molecule has 1 amide bonds. The minimum absolute atomic E-state index is 0.0337. The number of aryl methyl sites for hydroxylation is 2. The monoisotopic (exact) mass is 485 g/mol. The van der Waals surface area contributed by atoms with E-state index in [4.69, 9.17) is 9.47 Å². The van der Waals surface area contributed by atoms with E-state index in [0.717, 1.165) is 16.7 Å². The zero-order valence-corrected chi connectivity index (χ0v) is 21.5. The van der Waals surface area contributed by atoms with Crippen LogP contribution in [-0.4, -0.2) is 31.0 Å². The number of aliphatic hydroxyl groups is 1. The van der Waals surface area contributed by atoms with Crippen molar-refractivity contribution in [1.29, 1.82) is 0 Å². The number of ether oxygens (including phenoxy) is 2. The van der Waals surface area contributed by atoms with Gasteiger partial charge in [-0.05, 0) is 84.5 Å².